The van der Waals surface area contributed by atoms with E-state index in [0.29, 0.717) is 64.5 Å². The standard InChI is InChI=1S/C42H56FNO3/c1-26(45)29-11-12-30(34(43)24-29)23-27-8-6-9-28(22-27)25-44-38(47)42-18-7-10-33(42)31-13-14-36-40(4,32(31)15-21-42)19-16-35-39(2,3)37(46)17-20-41(35,36)5/h6,8-9,11-12,22,24,31-33,35-37,46H,7,10,13-21,23,25H2,1-5H3,(H,44,47). The molecule has 0 saturated heterocycles. The number of Topliss-reactive ketones (excluding diaryl/α,β-unsaturated/α-hetero) is 1. The van der Waals surface area contributed by atoms with E-state index in [4.69, 9.17) is 0 Å². The molecule has 0 radical (unpaired) electrons. The van der Waals surface area contributed by atoms with Gasteiger partial charge in [0.05, 0.1) is 11.5 Å². The SMILES string of the molecule is CC(=O)c1ccc(Cc2cccc(CNC(=O)C34CCCC3C3CCC5C(C)(CCC6C(C)(C)C(O)CCC65C)C3CC4)c2)c(F)c1. The number of benzene rings is 2. The first-order valence-corrected chi connectivity index (χ1v) is 18.6. The summed E-state index contributed by atoms with van der Waals surface area (Å²) in [5.74, 6) is 2.84. The maximum absolute atomic E-state index is 14.7. The van der Waals surface area contributed by atoms with Crippen molar-refractivity contribution in [2.75, 3.05) is 0 Å². The van der Waals surface area contributed by atoms with E-state index in [1.165, 1.54) is 45.1 Å². The zero-order chi connectivity index (χ0) is 33.4. The van der Waals surface area contributed by atoms with Crippen molar-refractivity contribution < 1.29 is 19.1 Å². The highest BCUT2D eigenvalue weighted by Crippen LogP contribution is 2.73. The molecule has 1 amide bonds. The number of aliphatic hydroxyl groups excluding tert-OH is 1. The molecule has 9 unspecified atom stereocenters. The Morgan fingerprint density at radius 1 is 0.830 bits per heavy atom. The molecule has 5 fully saturated rings. The Hall–Kier alpha value is -2.53. The molecule has 0 spiro atoms. The molecule has 2 aromatic rings. The Morgan fingerprint density at radius 2 is 1.60 bits per heavy atom. The minimum absolute atomic E-state index is 0.0198. The smallest absolute Gasteiger partial charge is 0.226 e. The van der Waals surface area contributed by atoms with E-state index in [-0.39, 0.29) is 34.4 Å². The average Bonchev–Trinajstić information content (AvgIpc) is 3.49. The minimum Gasteiger partial charge on any atom is -0.393 e. The Balaban J connectivity index is 1.04. The van der Waals surface area contributed by atoms with Crippen molar-refractivity contribution in [1.29, 1.82) is 0 Å². The van der Waals surface area contributed by atoms with E-state index in [2.05, 4.69) is 39.1 Å². The second-order valence-electron chi connectivity index (χ2n) is 17.6. The topological polar surface area (TPSA) is 66.4 Å². The summed E-state index contributed by atoms with van der Waals surface area (Å²) in [5, 5.41) is 14.4. The molecule has 47 heavy (non-hydrogen) atoms. The van der Waals surface area contributed by atoms with Crippen molar-refractivity contribution in [2.45, 2.75) is 124 Å². The van der Waals surface area contributed by atoms with Gasteiger partial charge >= 0.3 is 0 Å². The Labute approximate surface area is 281 Å². The number of ketones is 1. The van der Waals surface area contributed by atoms with Crippen LogP contribution in [0.15, 0.2) is 42.5 Å². The van der Waals surface area contributed by atoms with E-state index < -0.39 is 0 Å². The lowest BCUT2D eigenvalue weighted by atomic mass is 9.36. The molecule has 7 rings (SSSR count). The molecular formula is C42H56FNO3. The van der Waals surface area contributed by atoms with Crippen molar-refractivity contribution in [3.8, 4) is 0 Å². The maximum Gasteiger partial charge on any atom is 0.226 e. The molecule has 0 aliphatic heterocycles. The van der Waals surface area contributed by atoms with Crippen LogP contribution >= 0.6 is 0 Å². The van der Waals surface area contributed by atoms with Gasteiger partial charge in [0, 0.05) is 18.5 Å². The third-order valence-corrected chi connectivity index (χ3v) is 15.2. The third-order valence-electron chi connectivity index (χ3n) is 15.2. The van der Waals surface area contributed by atoms with Gasteiger partial charge in [0.2, 0.25) is 5.91 Å². The largest absolute Gasteiger partial charge is 0.393 e. The summed E-state index contributed by atoms with van der Waals surface area (Å²) in [6.45, 7) is 11.8. The van der Waals surface area contributed by atoms with Gasteiger partial charge in [-0.05, 0) is 140 Å². The second-order valence-corrected chi connectivity index (χ2v) is 17.6. The lowest BCUT2D eigenvalue weighted by Gasteiger charge is -2.69. The van der Waals surface area contributed by atoms with Crippen LogP contribution in [-0.4, -0.2) is 22.9 Å². The third kappa shape index (κ3) is 5.24. The molecule has 5 aliphatic rings. The van der Waals surface area contributed by atoms with Gasteiger partial charge in [0.25, 0.3) is 0 Å². The predicted molar refractivity (Wildman–Crippen MR) is 184 cm³/mol. The van der Waals surface area contributed by atoms with E-state index >= 15 is 0 Å². The number of carbonyl (C=O) groups excluding carboxylic acids is 2. The van der Waals surface area contributed by atoms with Crippen LogP contribution in [0.5, 0.6) is 0 Å². The van der Waals surface area contributed by atoms with Crippen LogP contribution < -0.4 is 5.32 Å². The first kappa shape index (κ1) is 33.0. The molecule has 254 valence electrons. The molecule has 5 saturated carbocycles. The van der Waals surface area contributed by atoms with E-state index in [1.54, 1.807) is 12.1 Å². The first-order chi connectivity index (χ1) is 22.3. The summed E-state index contributed by atoms with van der Waals surface area (Å²) >= 11 is 0. The van der Waals surface area contributed by atoms with Crippen LogP contribution in [0.1, 0.15) is 132 Å². The number of amides is 1. The molecule has 9 atom stereocenters. The van der Waals surface area contributed by atoms with Gasteiger partial charge in [-0.15, -0.1) is 0 Å². The zero-order valence-electron chi connectivity index (χ0n) is 29.3. The molecule has 5 heteroatoms. The van der Waals surface area contributed by atoms with E-state index in [9.17, 15) is 19.1 Å². The number of hydrogen-bond donors (Lipinski definition) is 2. The van der Waals surface area contributed by atoms with Crippen molar-refractivity contribution in [1.82, 2.24) is 5.32 Å². The summed E-state index contributed by atoms with van der Waals surface area (Å²) in [7, 11) is 0. The van der Waals surface area contributed by atoms with Crippen LogP contribution in [0.2, 0.25) is 0 Å². The highest BCUT2D eigenvalue weighted by molar-refractivity contribution is 5.94. The van der Waals surface area contributed by atoms with Crippen molar-refractivity contribution in [3.05, 3.63) is 70.5 Å². The van der Waals surface area contributed by atoms with Gasteiger partial charge in [-0.1, -0.05) is 70.5 Å². The minimum atomic E-state index is -0.357. The van der Waals surface area contributed by atoms with Crippen LogP contribution in [0.4, 0.5) is 4.39 Å². The molecule has 2 aromatic carbocycles. The normalized spacial score (nSPS) is 38.8. The van der Waals surface area contributed by atoms with Gasteiger partial charge in [-0.25, -0.2) is 4.39 Å². The van der Waals surface area contributed by atoms with Gasteiger partial charge in [-0.3, -0.25) is 9.59 Å². The molecule has 0 heterocycles. The number of fused-ring (bicyclic) bond motifs is 7. The number of rotatable bonds is 6. The second kappa shape index (κ2) is 11.8. The van der Waals surface area contributed by atoms with E-state index in [1.807, 2.05) is 18.2 Å². The highest BCUT2D eigenvalue weighted by Gasteiger charge is 2.67. The number of nitrogens with one attached hydrogen (secondary N) is 1. The first-order valence-electron chi connectivity index (χ1n) is 18.6. The monoisotopic (exact) mass is 641 g/mol. The lowest BCUT2D eigenvalue weighted by molar-refractivity contribution is -0.214. The summed E-state index contributed by atoms with van der Waals surface area (Å²) < 4.78 is 14.7. The van der Waals surface area contributed by atoms with Gasteiger partial charge < -0.3 is 10.4 Å². The molecular weight excluding hydrogens is 585 g/mol. The lowest BCUT2D eigenvalue weighted by Crippen LogP contribution is -2.63. The molecule has 5 aliphatic carbocycles. The van der Waals surface area contributed by atoms with Crippen molar-refractivity contribution in [3.63, 3.8) is 0 Å². The maximum atomic E-state index is 14.7. The Bertz CT molecular complexity index is 1550. The number of carbonyl (C=O) groups is 2. The highest BCUT2D eigenvalue weighted by atomic mass is 19.1. The Morgan fingerprint density at radius 3 is 2.36 bits per heavy atom. The van der Waals surface area contributed by atoms with Crippen LogP contribution in [0, 0.1) is 57.1 Å². The summed E-state index contributed by atoms with van der Waals surface area (Å²) in [4.78, 5) is 25.9. The molecule has 0 bridgehead atoms. The fourth-order valence-electron chi connectivity index (χ4n) is 12.9. The molecule has 2 N–H and O–H groups in total. The molecule has 4 nitrogen and oxygen atoms in total. The van der Waals surface area contributed by atoms with Crippen molar-refractivity contribution in [2.24, 2.45) is 51.2 Å². The van der Waals surface area contributed by atoms with Crippen molar-refractivity contribution >= 4 is 11.7 Å². The number of hydrogen-bond acceptors (Lipinski definition) is 3. The fourth-order valence-corrected chi connectivity index (χ4v) is 12.9. The Kier molecular flexibility index (Phi) is 8.29. The number of aliphatic hydroxyl groups is 1. The van der Waals surface area contributed by atoms with Crippen LogP contribution in [-0.2, 0) is 17.8 Å². The average molecular weight is 642 g/mol. The summed E-state index contributed by atoms with van der Waals surface area (Å²) in [5.41, 5.74) is 3.33. The summed E-state index contributed by atoms with van der Waals surface area (Å²) in [6.07, 6.45) is 12.9. The zero-order valence-corrected chi connectivity index (χ0v) is 29.3. The number of halogens is 1. The quantitative estimate of drug-likeness (QED) is 0.309. The van der Waals surface area contributed by atoms with Gasteiger partial charge in [-0.2, -0.15) is 0 Å². The van der Waals surface area contributed by atoms with Gasteiger partial charge in [0.1, 0.15) is 5.82 Å². The summed E-state index contributed by atoms with van der Waals surface area (Å²) in [6, 6.07) is 12.8. The fraction of sp³-hybridized carbons (Fsp3) is 0.667. The predicted octanol–water partition coefficient (Wildman–Crippen LogP) is 9.06. The van der Waals surface area contributed by atoms with Crippen LogP contribution in [0.25, 0.3) is 0 Å². The van der Waals surface area contributed by atoms with Crippen LogP contribution in [0.3, 0.4) is 0 Å². The molecule has 0 aromatic heterocycles. The van der Waals surface area contributed by atoms with Gasteiger partial charge in [0.15, 0.2) is 5.78 Å². The van der Waals surface area contributed by atoms with E-state index in [0.717, 1.165) is 49.7 Å².